The van der Waals surface area contributed by atoms with Crippen LogP contribution >= 0.6 is 0 Å². The summed E-state index contributed by atoms with van der Waals surface area (Å²) in [4.78, 5) is 23.3. The molecular weight excluding hydrogens is 384 g/mol. The van der Waals surface area contributed by atoms with Gasteiger partial charge in [-0.15, -0.1) is 0 Å². The van der Waals surface area contributed by atoms with Gasteiger partial charge in [-0.2, -0.15) is 0 Å². The lowest BCUT2D eigenvalue weighted by Gasteiger charge is -2.10. The van der Waals surface area contributed by atoms with Gasteiger partial charge in [0.15, 0.2) is 34.6 Å². The molecule has 0 aromatic heterocycles. The SMILES string of the molecule is COc1cc2c(cc1OC)[C@@H](C)CC2=O.COc1cc2c(cc1OC)[C@H](C)CC2=O. The molecule has 6 nitrogen and oxygen atoms in total. The number of rotatable bonds is 4. The zero-order chi connectivity index (χ0) is 22.0. The van der Waals surface area contributed by atoms with E-state index in [4.69, 9.17) is 18.9 Å². The largest absolute Gasteiger partial charge is 0.493 e. The molecule has 0 radical (unpaired) electrons. The normalized spacial score (nSPS) is 18.9. The van der Waals surface area contributed by atoms with Gasteiger partial charge in [0.2, 0.25) is 0 Å². The van der Waals surface area contributed by atoms with Crippen molar-refractivity contribution in [2.75, 3.05) is 28.4 Å². The maximum absolute atomic E-state index is 11.6. The Morgan fingerprint density at radius 1 is 0.600 bits per heavy atom. The van der Waals surface area contributed by atoms with E-state index in [1.165, 1.54) is 0 Å². The van der Waals surface area contributed by atoms with Gasteiger partial charge in [-0.3, -0.25) is 9.59 Å². The summed E-state index contributed by atoms with van der Waals surface area (Å²) < 4.78 is 20.8. The Morgan fingerprint density at radius 2 is 0.900 bits per heavy atom. The lowest BCUT2D eigenvalue weighted by atomic mass is 10.0. The number of Topliss-reactive ketones (excluding diaryl/α,β-unsaturated/α-hetero) is 2. The highest BCUT2D eigenvalue weighted by molar-refractivity contribution is 6.02. The van der Waals surface area contributed by atoms with Gasteiger partial charge in [0.25, 0.3) is 0 Å². The summed E-state index contributed by atoms with van der Waals surface area (Å²) in [5.41, 5.74) is 3.69. The second-order valence-electron chi connectivity index (χ2n) is 7.65. The van der Waals surface area contributed by atoms with Crippen molar-refractivity contribution in [3.63, 3.8) is 0 Å². The van der Waals surface area contributed by atoms with Gasteiger partial charge in [0.1, 0.15) is 0 Å². The van der Waals surface area contributed by atoms with Gasteiger partial charge in [0, 0.05) is 24.0 Å². The Bertz CT molecular complexity index is 899. The quantitative estimate of drug-likeness (QED) is 0.719. The molecule has 4 rings (SSSR count). The van der Waals surface area contributed by atoms with Crippen molar-refractivity contribution in [1.82, 2.24) is 0 Å². The first-order valence-corrected chi connectivity index (χ1v) is 9.92. The van der Waals surface area contributed by atoms with Gasteiger partial charge < -0.3 is 18.9 Å². The number of carbonyl (C=O) groups excluding carboxylic acids is 2. The molecule has 2 aliphatic carbocycles. The first-order chi connectivity index (χ1) is 14.3. The maximum atomic E-state index is 11.6. The molecule has 2 aromatic rings. The van der Waals surface area contributed by atoms with Crippen molar-refractivity contribution >= 4 is 11.6 Å². The minimum Gasteiger partial charge on any atom is -0.493 e. The Labute approximate surface area is 177 Å². The molecule has 0 spiro atoms. The smallest absolute Gasteiger partial charge is 0.163 e. The lowest BCUT2D eigenvalue weighted by Crippen LogP contribution is -1.96. The van der Waals surface area contributed by atoms with Crippen LogP contribution in [0.2, 0.25) is 0 Å². The highest BCUT2D eigenvalue weighted by Gasteiger charge is 2.29. The van der Waals surface area contributed by atoms with Crippen molar-refractivity contribution < 1.29 is 28.5 Å². The fourth-order valence-corrected chi connectivity index (χ4v) is 4.08. The predicted octanol–water partition coefficient (Wildman–Crippen LogP) is 4.79. The highest BCUT2D eigenvalue weighted by Crippen LogP contribution is 2.41. The summed E-state index contributed by atoms with van der Waals surface area (Å²) in [5.74, 6) is 3.59. The van der Waals surface area contributed by atoms with Gasteiger partial charge in [0.05, 0.1) is 28.4 Å². The van der Waals surface area contributed by atoms with Gasteiger partial charge >= 0.3 is 0 Å². The molecule has 0 saturated heterocycles. The van der Waals surface area contributed by atoms with Gasteiger partial charge in [-0.05, 0) is 47.2 Å². The van der Waals surface area contributed by atoms with Crippen LogP contribution in [-0.4, -0.2) is 40.0 Å². The number of ketones is 2. The molecule has 0 aliphatic heterocycles. The number of carbonyl (C=O) groups is 2. The van der Waals surface area contributed by atoms with Crippen LogP contribution in [0.4, 0.5) is 0 Å². The molecule has 0 saturated carbocycles. The Morgan fingerprint density at radius 3 is 1.20 bits per heavy atom. The molecule has 2 aliphatic rings. The monoisotopic (exact) mass is 412 g/mol. The average Bonchev–Trinajstić information content (AvgIpc) is 3.19. The van der Waals surface area contributed by atoms with Crippen LogP contribution in [0.3, 0.4) is 0 Å². The molecule has 0 bridgehead atoms. The minimum atomic E-state index is 0.193. The van der Waals surface area contributed by atoms with Crippen LogP contribution in [-0.2, 0) is 0 Å². The molecule has 30 heavy (non-hydrogen) atoms. The van der Waals surface area contributed by atoms with Gasteiger partial charge in [-0.1, -0.05) is 13.8 Å². The van der Waals surface area contributed by atoms with E-state index in [0.717, 1.165) is 22.3 Å². The average molecular weight is 412 g/mol. The van der Waals surface area contributed by atoms with Crippen molar-refractivity contribution in [2.45, 2.75) is 38.5 Å². The number of methoxy groups -OCH3 is 4. The first-order valence-electron chi connectivity index (χ1n) is 9.92. The van der Waals surface area contributed by atoms with Crippen LogP contribution in [0.25, 0.3) is 0 Å². The van der Waals surface area contributed by atoms with Crippen LogP contribution in [0.5, 0.6) is 23.0 Å². The second kappa shape index (κ2) is 8.78. The third-order valence-corrected chi connectivity index (χ3v) is 5.76. The van der Waals surface area contributed by atoms with Crippen LogP contribution in [0.1, 0.15) is 70.4 Å². The van der Waals surface area contributed by atoms with E-state index in [1.54, 1.807) is 40.6 Å². The van der Waals surface area contributed by atoms with Gasteiger partial charge in [-0.25, -0.2) is 0 Å². The standard InChI is InChI=1S/2C12H14O3/c2*1-7-4-10(13)9-6-12(15-3)11(14-2)5-8(7)9/h2*5-7H,4H2,1-3H3/t2*7-/m10/s1. The van der Waals surface area contributed by atoms with Crippen LogP contribution in [0, 0.1) is 0 Å². The fourth-order valence-electron chi connectivity index (χ4n) is 4.08. The van der Waals surface area contributed by atoms with Crippen molar-refractivity contribution in [3.05, 3.63) is 46.5 Å². The molecule has 0 fully saturated rings. The summed E-state index contributed by atoms with van der Waals surface area (Å²) in [6, 6.07) is 7.37. The molecule has 160 valence electrons. The third kappa shape index (κ3) is 3.86. The third-order valence-electron chi connectivity index (χ3n) is 5.76. The number of ether oxygens (including phenoxy) is 4. The Hall–Kier alpha value is -3.02. The summed E-state index contributed by atoms with van der Waals surface area (Å²) >= 11 is 0. The molecule has 0 heterocycles. The lowest BCUT2D eigenvalue weighted by molar-refractivity contribution is 0.0981. The van der Waals surface area contributed by atoms with E-state index in [0.29, 0.717) is 35.8 Å². The van der Waals surface area contributed by atoms with Crippen molar-refractivity contribution in [3.8, 4) is 23.0 Å². The fraction of sp³-hybridized carbons (Fsp3) is 0.417. The summed E-state index contributed by atoms with van der Waals surface area (Å²) in [6.07, 6.45) is 1.18. The number of hydrogen-bond donors (Lipinski definition) is 0. The number of hydrogen-bond acceptors (Lipinski definition) is 6. The zero-order valence-corrected chi connectivity index (χ0v) is 18.3. The number of fused-ring (bicyclic) bond motifs is 2. The Balaban J connectivity index is 0.000000171. The second-order valence-corrected chi connectivity index (χ2v) is 7.65. The van der Waals surface area contributed by atoms with E-state index < -0.39 is 0 Å². The van der Waals surface area contributed by atoms with Crippen LogP contribution in [0.15, 0.2) is 24.3 Å². The number of benzene rings is 2. The molecule has 2 atom stereocenters. The van der Waals surface area contributed by atoms with Crippen molar-refractivity contribution in [2.24, 2.45) is 0 Å². The van der Waals surface area contributed by atoms with E-state index in [-0.39, 0.29) is 23.4 Å². The summed E-state index contributed by atoms with van der Waals surface area (Å²) in [7, 11) is 6.36. The maximum Gasteiger partial charge on any atom is 0.163 e. The molecule has 0 unspecified atom stereocenters. The zero-order valence-electron chi connectivity index (χ0n) is 18.3. The molecular formula is C24H28O6. The molecule has 0 amide bonds. The molecule has 6 heteroatoms. The highest BCUT2D eigenvalue weighted by atomic mass is 16.5. The summed E-state index contributed by atoms with van der Waals surface area (Å²) in [6.45, 7) is 4.10. The topological polar surface area (TPSA) is 71.1 Å². The molecule has 2 aromatic carbocycles. The van der Waals surface area contributed by atoms with E-state index in [2.05, 4.69) is 13.8 Å². The van der Waals surface area contributed by atoms with E-state index in [1.807, 2.05) is 12.1 Å². The Kier molecular flexibility index (Phi) is 6.34. The van der Waals surface area contributed by atoms with E-state index >= 15 is 0 Å². The van der Waals surface area contributed by atoms with Crippen molar-refractivity contribution in [1.29, 1.82) is 0 Å². The summed E-state index contributed by atoms with van der Waals surface area (Å²) in [5, 5.41) is 0. The predicted molar refractivity (Wildman–Crippen MR) is 114 cm³/mol. The molecule has 0 N–H and O–H groups in total. The van der Waals surface area contributed by atoms with E-state index in [9.17, 15) is 9.59 Å². The van der Waals surface area contributed by atoms with Crippen LogP contribution < -0.4 is 18.9 Å². The minimum absolute atomic E-state index is 0.193. The first kappa shape index (κ1) is 21.7.